The molecule has 116 valence electrons. The molecule has 2 N–H and O–H groups in total. The van der Waals surface area contributed by atoms with Crippen LogP contribution in [0.4, 0.5) is 0 Å². The number of benzene rings is 1. The molecular formula is C15H19Cl2NO3. The van der Waals surface area contributed by atoms with E-state index in [4.69, 9.17) is 27.9 Å². The molecule has 4 nitrogen and oxygen atoms in total. The Balaban J connectivity index is 1.73. The molecular weight excluding hydrogens is 313 g/mol. The molecule has 6 heteroatoms. The summed E-state index contributed by atoms with van der Waals surface area (Å²) in [6.07, 6.45) is 3.63. The Labute approximate surface area is 134 Å². The molecule has 1 aromatic carbocycles. The number of ether oxygens (including phenoxy) is 1. The standard InChI is InChI=1S/C15H19Cl2NO3/c16-12-6-5-11(7-13(12)17)21-9-15(20)18-8-10-3-1-2-4-14(10)19/h5-7,10,14,19H,1-4,8-9H2,(H,18,20). The minimum absolute atomic E-state index is 0.0826. The van der Waals surface area contributed by atoms with Crippen LogP contribution in [0.15, 0.2) is 18.2 Å². The zero-order chi connectivity index (χ0) is 15.2. The van der Waals surface area contributed by atoms with Crippen LogP contribution in [0, 0.1) is 5.92 Å². The second-order valence-electron chi connectivity index (χ2n) is 5.28. The van der Waals surface area contributed by atoms with E-state index < -0.39 is 0 Å². The van der Waals surface area contributed by atoms with Crippen molar-refractivity contribution in [2.24, 2.45) is 5.92 Å². The largest absolute Gasteiger partial charge is 0.484 e. The van der Waals surface area contributed by atoms with Crippen molar-refractivity contribution in [1.82, 2.24) is 5.32 Å². The van der Waals surface area contributed by atoms with Crippen LogP contribution in [0.2, 0.25) is 10.0 Å². The Bertz CT molecular complexity index is 496. The van der Waals surface area contributed by atoms with Crippen LogP contribution in [-0.4, -0.2) is 30.3 Å². The van der Waals surface area contributed by atoms with Gasteiger partial charge in [-0.25, -0.2) is 0 Å². The molecule has 0 aliphatic heterocycles. The summed E-state index contributed by atoms with van der Waals surface area (Å²) in [5, 5.41) is 13.5. The molecule has 21 heavy (non-hydrogen) atoms. The molecule has 0 saturated heterocycles. The number of halogens is 2. The lowest BCUT2D eigenvalue weighted by Gasteiger charge is -2.27. The van der Waals surface area contributed by atoms with Crippen molar-refractivity contribution in [2.75, 3.05) is 13.2 Å². The van der Waals surface area contributed by atoms with Gasteiger partial charge >= 0.3 is 0 Å². The van der Waals surface area contributed by atoms with E-state index in [0.717, 1.165) is 25.7 Å². The van der Waals surface area contributed by atoms with E-state index in [1.54, 1.807) is 18.2 Å². The third-order valence-corrected chi connectivity index (χ3v) is 4.43. The fourth-order valence-corrected chi connectivity index (χ4v) is 2.73. The molecule has 2 unspecified atom stereocenters. The number of nitrogens with one attached hydrogen (secondary N) is 1. The molecule has 0 spiro atoms. The Morgan fingerprint density at radius 3 is 2.76 bits per heavy atom. The normalized spacial score (nSPS) is 21.9. The van der Waals surface area contributed by atoms with E-state index in [9.17, 15) is 9.90 Å². The molecule has 1 aliphatic carbocycles. The maximum Gasteiger partial charge on any atom is 0.257 e. The number of hydrogen-bond acceptors (Lipinski definition) is 3. The molecule has 1 aliphatic rings. The van der Waals surface area contributed by atoms with Crippen LogP contribution in [0.25, 0.3) is 0 Å². The minimum atomic E-state index is -0.310. The van der Waals surface area contributed by atoms with Crippen molar-refractivity contribution in [3.05, 3.63) is 28.2 Å². The summed E-state index contributed by atoms with van der Waals surface area (Å²) >= 11 is 11.7. The zero-order valence-corrected chi connectivity index (χ0v) is 13.2. The highest BCUT2D eigenvalue weighted by Gasteiger charge is 2.23. The van der Waals surface area contributed by atoms with Crippen molar-refractivity contribution < 1.29 is 14.6 Å². The lowest BCUT2D eigenvalue weighted by Crippen LogP contribution is -2.38. The van der Waals surface area contributed by atoms with Gasteiger partial charge < -0.3 is 15.2 Å². The topological polar surface area (TPSA) is 58.6 Å². The van der Waals surface area contributed by atoms with Crippen LogP contribution in [0.5, 0.6) is 5.75 Å². The number of aliphatic hydroxyl groups excluding tert-OH is 1. The third-order valence-electron chi connectivity index (χ3n) is 3.69. The van der Waals surface area contributed by atoms with E-state index in [1.165, 1.54) is 0 Å². The zero-order valence-electron chi connectivity index (χ0n) is 11.6. The predicted molar refractivity (Wildman–Crippen MR) is 82.9 cm³/mol. The van der Waals surface area contributed by atoms with Crippen molar-refractivity contribution in [2.45, 2.75) is 31.8 Å². The Kier molecular flexibility index (Phi) is 6.15. The lowest BCUT2D eigenvalue weighted by atomic mass is 9.86. The fourth-order valence-electron chi connectivity index (χ4n) is 2.44. The van der Waals surface area contributed by atoms with Gasteiger partial charge in [0.15, 0.2) is 6.61 Å². The second-order valence-corrected chi connectivity index (χ2v) is 6.09. The summed E-state index contributed by atoms with van der Waals surface area (Å²) in [7, 11) is 0. The average Bonchev–Trinajstić information content (AvgIpc) is 2.47. The summed E-state index contributed by atoms with van der Waals surface area (Å²) < 4.78 is 5.35. The van der Waals surface area contributed by atoms with Gasteiger partial charge in [0.25, 0.3) is 5.91 Å². The molecule has 1 aromatic rings. The van der Waals surface area contributed by atoms with Gasteiger partial charge in [0.2, 0.25) is 0 Å². The molecule has 1 fully saturated rings. The van der Waals surface area contributed by atoms with Crippen LogP contribution in [-0.2, 0) is 4.79 Å². The summed E-state index contributed by atoms with van der Waals surface area (Å²) in [6, 6.07) is 4.85. The summed E-state index contributed by atoms with van der Waals surface area (Å²) in [5.74, 6) is 0.434. The monoisotopic (exact) mass is 331 g/mol. The summed E-state index contributed by atoms with van der Waals surface area (Å²) in [6.45, 7) is 0.408. The van der Waals surface area contributed by atoms with Crippen molar-refractivity contribution in [3.8, 4) is 5.75 Å². The van der Waals surface area contributed by atoms with Crippen molar-refractivity contribution in [3.63, 3.8) is 0 Å². The van der Waals surface area contributed by atoms with Gasteiger partial charge in [0.05, 0.1) is 16.1 Å². The van der Waals surface area contributed by atoms with E-state index in [1.807, 2.05) is 0 Å². The van der Waals surface area contributed by atoms with E-state index in [0.29, 0.717) is 22.3 Å². The molecule has 2 rings (SSSR count). The van der Waals surface area contributed by atoms with E-state index in [-0.39, 0.29) is 24.5 Å². The number of carbonyl (C=O) groups is 1. The first-order valence-corrected chi connectivity index (χ1v) is 7.84. The van der Waals surface area contributed by atoms with Gasteiger partial charge in [-0.1, -0.05) is 36.0 Å². The van der Waals surface area contributed by atoms with Gasteiger partial charge in [-0.05, 0) is 25.0 Å². The first-order valence-electron chi connectivity index (χ1n) is 7.09. The highest BCUT2D eigenvalue weighted by molar-refractivity contribution is 6.42. The Morgan fingerprint density at radius 2 is 2.05 bits per heavy atom. The smallest absolute Gasteiger partial charge is 0.257 e. The van der Waals surface area contributed by atoms with Gasteiger partial charge in [-0.3, -0.25) is 4.79 Å². The Morgan fingerprint density at radius 1 is 1.29 bits per heavy atom. The minimum Gasteiger partial charge on any atom is -0.484 e. The first kappa shape index (κ1) is 16.4. The maximum absolute atomic E-state index is 11.7. The second kappa shape index (κ2) is 7.87. The van der Waals surface area contributed by atoms with Crippen molar-refractivity contribution >= 4 is 29.1 Å². The van der Waals surface area contributed by atoms with Crippen LogP contribution in [0.1, 0.15) is 25.7 Å². The van der Waals surface area contributed by atoms with E-state index >= 15 is 0 Å². The van der Waals surface area contributed by atoms with E-state index in [2.05, 4.69) is 5.32 Å². The number of rotatable bonds is 5. The quantitative estimate of drug-likeness (QED) is 0.871. The summed E-state index contributed by atoms with van der Waals surface area (Å²) in [5.41, 5.74) is 0. The lowest BCUT2D eigenvalue weighted by molar-refractivity contribution is -0.123. The van der Waals surface area contributed by atoms with Gasteiger partial charge in [-0.15, -0.1) is 0 Å². The first-order chi connectivity index (χ1) is 10.1. The molecule has 0 heterocycles. The Hall–Kier alpha value is -0.970. The summed E-state index contributed by atoms with van der Waals surface area (Å²) in [4.78, 5) is 11.7. The molecule has 1 amide bonds. The maximum atomic E-state index is 11.7. The fraction of sp³-hybridized carbons (Fsp3) is 0.533. The molecule has 0 radical (unpaired) electrons. The predicted octanol–water partition coefficient (Wildman–Crippen LogP) is 3.04. The van der Waals surface area contributed by atoms with Crippen molar-refractivity contribution in [1.29, 1.82) is 0 Å². The highest BCUT2D eigenvalue weighted by atomic mass is 35.5. The third kappa shape index (κ3) is 5.06. The van der Waals surface area contributed by atoms with Gasteiger partial charge in [0.1, 0.15) is 5.75 Å². The average molecular weight is 332 g/mol. The number of hydrogen-bond donors (Lipinski definition) is 2. The number of amides is 1. The molecule has 0 bridgehead atoms. The van der Waals surface area contributed by atoms with Gasteiger partial charge in [-0.2, -0.15) is 0 Å². The van der Waals surface area contributed by atoms with Crippen LogP contribution < -0.4 is 10.1 Å². The van der Waals surface area contributed by atoms with Crippen LogP contribution in [0.3, 0.4) is 0 Å². The SMILES string of the molecule is O=C(COc1ccc(Cl)c(Cl)c1)NCC1CCCCC1O. The molecule has 2 atom stereocenters. The highest BCUT2D eigenvalue weighted by Crippen LogP contribution is 2.26. The number of carbonyl (C=O) groups excluding carboxylic acids is 1. The van der Waals surface area contributed by atoms with Gasteiger partial charge in [0, 0.05) is 18.5 Å². The number of aliphatic hydroxyl groups is 1. The molecule has 1 saturated carbocycles. The van der Waals surface area contributed by atoms with Crippen LogP contribution >= 0.6 is 23.2 Å². The molecule has 0 aromatic heterocycles.